The molecule has 8 aromatic carbocycles. The molecule has 0 unspecified atom stereocenters. The highest BCUT2D eigenvalue weighted by molar-refractivity contribution is 9.10. The van der Waals surface area contributed by atoms with Crippen LogP contribution in [0, 0.1) is 27.7 Å². The summed E-state index contributed by atoms with van der Waals surface area (Å²) >= 11 is 3.50. The molecule has 0 aliphatic rings. The molecule has 6 radical (unpaired) electrons. The van der Waals surface area contributed by atoms with Crippen molar-refractivity contribution in [2.45, 2.75) is 144 Å². The molecule has 0 saturated heterocycles. The van der Waals surface area contributed by atoms with E-state index in [1.54, 1.807) is 83.1 Å². The Kier molecular flexibility index (Phi) is 26.0. The van der Waals surface area contributed by atoms with Crippen molar-refractivity contribution in [3.05, 3.63) is 221 Å². The molecule has 0 bridgehead atoms. The minimum atomic E-state index is -1.01. The van der Waals surface area contributed by atoms with E-state index in [1.165, 1.54) is 38.9 Å². The van der Waals surface area contributed by atoms with Crippen molar-refractivity contribution in [2.24, 2.45) is 0 Å². The molecule has 8 aromatic rings. The number of anilines is 6. The minimum Gasteiger partial charge on any atom is -0.387 e. The molecule has 0 saturated carbocycles. The predicted molar refractivity (Wildman–Crippen MR) is 354 cm³/mol. The number of rotatable bonds is 11. The first-order valence-electron chi connectivity index (χ1n) is 27.3. The van der Waals surface area contributed by atoms with Crippen LogP contribution < -0.4 is 15.3 Å². The zero-order valence-electron chi connectivity index (χ0n) is 51.2. The summed E-state index contributed by atoms with van der Waals surface area (Å²) in [5, 5.41) is 54.6. The lowest BCUT2D eigenvalue weighted by Crippen LogP contribution is -2.44. The van der Waals surface area contributed by atoms with Gasteiger partial charge in [-0.15, -0.1) is 0 Å². The van der Waals surface area contributed by atoms with Gasteiger partial charge in [-0.2, -0.15) is 0 Å². The highest BCUT2D eigenvalue weighted by Gasteiger charge is 2.33. The summed E-state index contributed by atoms with van der Waals surface area (Å²) in [4.78, 5) is 4.58. The number of hydrogen-bond acceptors (Lipinski definition) is 8. The largest absolute Gasteiger partial charge is 0.387 e. The normalized spacial score (nSPS) is 11.5. The number of nitrogens with zero attached hydrogens (tertiary/aromatic N) is 2. The average molecular weight is 1160 g/mol. The first kappa shape index (κ1) is 70.1. The zero-order valence-corrected chi connectivity index (χ0v) is 52.7. The Morgan fingerprint density at radius 2 is 0.415 bits per heavy atom. The van der Waals surface area contributed by atoms with Gasteiger partial charge >= 0.3 is 0 Å². The average Bonchev–Trinajstić information content (AvgIpc) is 3.55. The van der Waals surface area contributed by atoms with Gasteiger partial charge < -0.3 is 40.4 Å². The molecule has 8 nitrogen and oxygen atoms in total. The van der Waals surface area contributed by atoms with Gasteiger partial charge in [0.05, 0.1) is 33.6 Å². The van der Waals surface area contributed by atoms with Gasteiger partial charge in [0.1, 0.15) is 7.85 Å². The highest BCUT2D eigenvalue weighted by atomic mass is 79.9. The summed E-state index contributed by atoms with van der Waals surface area (Å²) in [6, 6.07) is 68.5. The molecule has 0 heterocycles. The first-order chi connectivity index (χ1) is 37.9. The van der Waals surface area contributed by atoms with Gasteiger partial charge in [-0.25, -0.2) is 0 Å². The fraction of sp³-hybridized carbons (Fsp3) is 0.314. The van der Waals surface area contributed by atoms with Crippen molar-refractivity contribution in [1.29, 1.82) is 0 Å². The fourth-order valence-corrected chi connectivity index (χ4v) is 6.86. The molecule has 0 atom stereocenters. The number of aliphatic hydroxyl groups is 6. The van der Waals surface area contributed by atoms with Crippen LogP contribution in [0.1, 0.15) is 105 Å². The van der Waals surface area contributed by atoms with Crippen LogP contribution in [-0.4, -0.2) is 87.6 Å². The zero-order chi connectivity index (χ0) is 62.0. The number of hydrogen-bond donors (Lipinski definition) is 6. The molecule has 0 fully saturated rings. The van der Waals surface area contributed by atoms with Crippen LogP contribution in [0.3, 0.4) is 0 Å². The van der Waals surface area contributed by atoms with Gasteiger partial charge in [-0.3, -0.25) is 0 Å². The van der Waals surface area contributed by atoms with Crippen molar-refractivity contribution < 1.29 is 30.6 Å². The van der Waals surface area contributed by atoms with E-state index in [-0.39, 0.29) is 0 Å². The molecule has 12 heteroatoms. The van der Waals surface area contributed by atoms with E-state index >= 15 is 0 Å². The summed E-state index contributed by atoms with van der Waals surface area (Å²) in [7, 11) is 13.8. The lowest BCUT2D eigenvalue weighted by molar-refractivity contribution is -0.107. The van der Waals surface area contributed by atoms with E-state index in [9.17, 15) is 0 Å². The van der Waals surface area contributed by atoms with Crippen molar-refractivity contribution in [2.75, 3.05) is 9.80 Å². The second kappa shape index (κ2) is 30.4. The van der Waals surface area contributed by atoms with Crippen LogP contribution in [0.25, 0.3) is 22.3 Å². The van der Waals surface area contributed by atoms with Crippen molar-refractivity contribution in [1.82, 2.24) is 0 Å². The molecule has 0 aliphatic heterocycles. The van der Waals surface area contributed by atoms with Gasteiger partial charge in [0.25, 0.3) is 0 Å². The topological polar surface area (TPSA) is 128 Å². The van der Waals surface area contributed by atoms with E-state index < -0.39 is 33.6 Å². The summed E-state index contributed by atoms with van der Waals surface area (Å²) in [5.41, 5.74) is 11.4. The minimum absolute atomic E-state index is 0.783. The molecule has 0 spiro atoms. The quantitative estimate of drug-likeness (QED) is 0.0707. The van der Waals surface area contributed by atoms with Crippen molar-refractivity contribution >= 4 is 78.8 Å². The predicted octanol–water partition coefficient (Wildman–Crippen LogP) is 15.3. The summed E-state index contributed by atoms with van der Waals surface area (Å²) in [6.45, 7) is 27.4. The Morgan fingerprint density at radius 1 is 0.268 bits per heavy atom. The Hall–Kier alpha value is -6.21. The lowest BCUT2D eigenvalue weighted by Gasteiger charge is -2.31. The molecule has 428 valence electrons. The Morgan fingerprint density at radius 3 is 0.585 bits per heavy atom. The van der Waals surface area contributed by atoms with Crippen LogP contribution >= 0.6 is 15.9 Å². The molecule has 82 heavy (non-hydrogen) atoms. The maximum absolute atomic E-state index is 9.10. The monoisotopic (exact) mass is 1160 g/mol. The van der Waals surface area contributed by atoms with E-state index in [2.05, 4.69) is 251 Å². The standard InChI is InChI=1S/C26H22BN.C26H22BrN.3C6H14O2.B2/c2*1-19-3-13-24(14-4-19)28(25-15-5-20(2)6-16-25)26-17-9-22(10-18-26)21-7-11-23(27)12-8-21;3*1-5(2,7)6(3,4)8;1-2/h2*3-18H,1-2H3;3*7-8H,1-4H3;. The smallest absolute Gasteiger partial charge is 0.113 e. The third-order valence-electron chi connectivity index (χ3n) is 14.3. The maximum atomic E-state index is 9.10. The van der Waals surface area contributed by atoms with E-state index in [1.807, 2.05) is 12.1 Å². The second-order valence-electron chi connectivity index (χ2n) is 23.6. The molecular formula is C70H86B3BrN2O6. The number of benzene rings is 8. The van der Waals surface area contributed by atoms with E-state index in [0.29, 0.717) is 0 Å². The van der Waals surface area contributed by atoms with Gasteiger partial charge in [-0.1, -0.05) is 153 Å². The maximum Gasteiger partial charge on any atom is 0.113 e. The second-order valence-corrected chi connectivity index (χ2v) is 24.5. The van der Waals surface area contributed by atoms with E-state index in [0.717, 1.165) is 49.6 Å². The number of aryl methyl sites for hydroxylation is 4. The first-order valence-corrected chi connectivity index (χ1v) is 28.1. The van der Waals surface area contributed by atoms with E-state index in [4.69, 9.17) is 38.5 Å². The molecular weight excluding hydrogens is 1080 g/mol. The van der Waals surface area contributed by atoms with Crippen LogP contribution in [-0.2, 0) is 0 Å². The van der Waals surface area contributed by atoms with Gasteiger partial charge in [0, 0.05) is 54.1 Å². The molecule has 0 amide bonds. The third-order valence-corrected chi connectivity index (χ3v) is 14.9. The summed E-state index contributed by atoms with van der Waals surface area (Å²) in [5.74, 6) is 0. The molecule has 0 aromatic heterocycles. The Bertz CT molecular complexity index is 2730. The Balaban J connectivity index is 0.000000303. The van der Waals surface area contributed by atoms with Crippen LogP contribution in [0.5, 0.6) is 0 Å². The lowest BCUT2D eigenvalue weighted by atomic mass is 9.81. The highest BCUT2D eigenvalue weighted by Crippen LogP contribution is 2.38. The Labute approximate surface area is 503 Å². The van der Waals surface area contributed by atoms with Crippen LogP contribution in [0.2, 0.25) is 0 Å². The number of halogens is 1. The van der Waals surface area contributed by atoms with Crippen molar-refractivity contribution in [3.63, 3.8) is 0 Å². The van der Waals surface area contributed by atoms with Gasteiger partial charge in [-0.05, 0) is 218 Å². The van der Waals surface area contributed by atoms with Crippen LogP contribution in [0.15, 0.2) is 199 Å². The van der Waals surface area contributed by atoms with Crippen molar-refractivity contribution in [3.8, 4) is 22.3 Å². The molecule has 6 N–H and O–H groups in total. The van der Waals surface area contributed by atoms with Crippen LogP contribution in [0.4, 0.5) is 34.1 Å². The molecule has 8 rings (SSSR count). The SMILES string of the molecule is CC(C)(O)C(C)(C)O.CC(C)(O)C(C)(C)O.CC(C)(O)C(C)(C)O.Cc1ccc(N(c2ccc(C)cc2)c2ccc(-c3ccc(Br)cc3)cc2)cc1.[B][B].[B]c1ccc(-c2ccc(N(c3ccc(C)cc3)c3ccc(C)cc3)cc2)cc1. The third kappa shape index (κ3) is 22.2. The van der Waals surface area contributed by atoms with Gasteiger partial charge in [0.2, 0.25) is 0 Å². The summed E-state index contributed by atoms with van der Waals surface area (Å²) < 4.78 is 1.10. The summed E-state index contributed by atoms with van der Waals surface area (Å²) in [6.07, 6.45) is 0. The fourth-order valence-electron chi connectivity index (χ4n) is 6.59. The molecule has 0 aliphatic carbocycles. The van der Waals surface area contributed by atoms with Gasteiger partial charge in [0.15, 0.2) is 0 Å².